The van der Waals surface area contributed by atoms with Crippen LogP contribution in [-0.2, 0) is 9.63 Å². The highest BCUT2D eigenvalue weighted by Crippen LogP contribution is 2.41. The van der Waals surface area contributed by atoms with E-state index in [4.69, 9.17) is 21.2 Å². The van der Waals surface area contributed by atoms with Gasteiger partial charge in [-0.25, -0.2) is 19.4 Å². The van der Waals surface area contributed by atoms with Gasteiger partial charge in [0.1, 0.15) is 23.7 Å². The molecule has 3 saturated heterocycles. The Morgan fingerprint density at radius 2 is 1.91 bits per heavy atom. The second-order valence-electron chi connectivity index (χ2n) is 12.4. The maximum absolute atomic E-state index is 13.8. The number of anilines is 5. The molecule has 11 nitrogen and oxygen atoms in total. The maximum atomic E-state index is 13.8. The van der Waals surface area contributed by atoms with Crippen molar-refractivity contribution in [3.05, 3.63) is 71.8 Å². The minimum absolute atomic E-state index is 0.0587. The van der Waals surface area contributed by atoms with Gasteiger partial charge in [-0.15, -0.1) is 0 Å². The molecule has 3 aliphatic rings. The van der Waals surface area contributed by atoms with Crippen molar-refractivity contribution >= 4 is 46.2 Å². The molecule has 3 aromatic rings. The van der Waals surface area contributed by atoms with Crippen molar-refractivity contribution < 1.29 is 18.8 Å². The summed E-state index contributed by atoms with van der Waals surface area (Å²) in [6, 6.07) is 11.2. The Morgan fingerprint density at radius 1 is 1.11 bits per heavy atom. The maximum Gasteiger partial charge on any atom is 0.247 e. The van der Waals surface area contributed by atoms with E-state index in [-0.39, 0.29) is 17.0 Å². The first-order valence-electron chi connectivity index (χ1n) is 16.0. The average molecular weight is 665 g/mol. The molecule has 4 heterocycles. The van der Waals surface area contributed by atoms with Crippen molar-refractivity contribution in [2.75, 3.05) is 74.6 Å². The van der Waals surface area contributed by atoms with Crippen LogP contribution in [0.1, 0.15) is 37.3 Å². The van der Waals surface area contributed by atoms with Crippen LogP contribution in [0, 0.1) is 5.82 Å². The third-order valence-electron chi connectivity index (χ3n) is 9.38. The second kappa shape index (κ2) is 14.4. The summed E-state index contributed by atoms with van der Waals surface area (Å²) in [6.07, 6.45) is 6.69. The highest BCUT2D eigenvalue weighted by molar-refractivity contribution is 6.30. The van der Waals surface area contributed by atoms with Crippen molar-refractivity contribution in [3.63, 3.8) is 0 Å². The quantitative estimate of drug-likeness (QED) is 0.265. The molecule has 0 radical (unpaired) electrons. The number of aromatic nitrogens is 2. The number of ether oxygens (including phenoxy) is 1. The number of piperidine rings is 1. The molecule has 250 valence electrons. The Balaban J connectivity index is 1.22. The Hall–Kier alpha value is -3.97. The van der Waals surface area contributed by atoms with Gasteiger partial charge in [-0.3, -0.25) is 14.5 Å². The lowest BCUT2D eigenvalue weighted by atomic mass is 10.0. The first-order valence-corrected chi connectivity index (χ1v) is 16.4. The van der Waals surface area contributed by atoms with Crippen LogP contribution in [0.3, 0.4) is 0 Å². The van der Waals surface area contributed by atoms with Gasteiger partial charge >= 0.3 is 0 Å². The number of nitrogens with one attached hydrogen (secondary N) is 2. The topological polar surface area (TPSA) is 98.3 Å². The van der Waals surface area contributed by atoms with Crippen molar-refractivity contribution in [3.8, 4) is 5.75 Å². The molecule has 2 N–H and O–H groups in total. The minimum Gasteiger partial charge on any atom is -0.494 e. The molecule has 0 bridgehead atoms. The van der Waals surface area contributed by atoms with Crippen molar-refractivity contribution in [1.29, 1.82) is 0 Å². The van der Waals surface area contributed by atoms with E-state index in [9.17, 15) is 9.18 Å². The summed E-state index contributed by atoms with van der Waals surface area (Å²) in [7, 11) is 5.94. The molecular weight excluding hydrogens is 623 g/mol. The summed E-state index contributed by atoms with van der Waals surface area (Å²) in [5, 5.41) is 8.09. The SMILES string of the molecule is C=CC(=O)Nc1cc(Nc2cc(N3OCC[C@@H]3c3ccc(F)c(Cl)c3)ncn2)c(OC)cc1N1CCC(N2CC[C@@H](N(C)C)C2)CC1. The zero-order chi connectivity index (χ0) is 33.1. The molecule has 6 rings (SSSR count). The van der Waals surface area contributed by atoms with Gasteiger partial charge in [-0.1, -0.05) is 24.2 Å². The Morgan fingerprint density at radius 3 is 2.62 bits per heavy atom. The van der Waals surface area contributed by atoms with E-state index in [1.165, 1.54) is 24.9 Å². The van der Waals surface area contributed by atoms with Gasteiger partial charge in [-0.05, 0) is 63.2 Å². The van der Waals surface area contributed by atoms with Crippen LogP contribution < -0.4 is 25.3 Å². The molecule has 1 aromatic heterocycles. The summed E-state index contributed by atoms with van der Waals surface area (Å²) < 4.78 is 19.7. The van der Waals surface area contributed by atoms with Crippen molar-refractivity contribution in [1.82, 2.24) is 19.8 Å². The van der Waals surface area contributed by atoms with Crippen molar-refractivity contribution in [2.45, 2.75) is 43.8 Å². The van der Waals surface area contributed by atoms with Crippen LogP contribution in [0.2, 0.25) is 5.02 Å². The summed E-state index contributed by atoms with van der Waals surface area (Å²) in [4.78, 5) is 34.6. The lowest BCUT2D eigenvalue weighted by Gasteiger charge is -2.39. The molecule has 2 aromatic carbocycles. The third kappa shape index (κ3) is 7.30. The molecule has 0 saturated carbocycles. The minimum atomic E-state index is -0.470. The molecule has 0 unspecified atom stereocenters. The highest BCUT2D eigenvalue weighted by Gasteiger charge is 2.33. The first-order chi connectivity index (χ1) is 22.7. The molecule has 2 atom stereocenters. The van der Waals surface area contributed by atoms with Crippen LogP contribution in [0.25, 0.3) is 0 Å². The van der Waals surface area contributed by atoms with E-state index in [0.29, 0.717) is 53.9 Å². The fourth-order valence-electron chi connectivity index (χ4n) is 6.77. The predicted octanol–water partition coefficient (Wildman–Crippen LogP) is 5.63. The van der Waals surface area contributed by atoms with Gasteiger partial charge in [0, 0.05) is 56.8 Å². The molecule has 13 heteroatoms. The van der Waals surface area contributed by atoms with Gasteiger partial charge in [0.25, 0.3) is 0 Å². The summed E-state index contributed by atoms with van der Waals surface area (Å²) >= 11 is 6.07. The van der Waals surface area contributed by atoms with E-state index >= 15 is 0 Å². The number of hydrogen-bond donors (Lipinski definition) is 2. The van der Waals surface area contributed by atoms with E-state index in [0.717, 1.165) is 50.3 Å². The number of likely N-dealkylation sites (tertiary alicyclic amines) is 1. The number of likely N-dealkylation sites (N-methyl/N-ethyl adjacent to an activating group) is 1. The number of rotatable bonds is 10. The molecule has 3 fully saturated rings. The highest BCUT2D eigenvalue weighted by atomic mass is 35.5. The number of carbonyl (C=O) groups is 1. The van der Waals surface area contributed by atoms with Crippen LogP contribution >= 0.6 is 11.6 Å². The molecule has 0 spiro atoms. The fourth-order valence-corrected chi connectivity index (χ4v) is 6.95. The Kier molecular flexibility index (Phi) is 10.1. The molecule has 1 amide bonds. The number of amides is 1. The third-order valence-corrected chi connectivity index (χ3v) is 9.67. The number of nitrogens with zero attached hydrogens (tertiary/aromatic N) is 6. The summed E-state index contributed by atoms with van der Waals surface area (Å²) in [6.45, 7) is 8.10. The van der Waals surface area contributed by atoms with Crippen LogP contribution in [0.15, 0.2) is 55.4 Å². The van der Waals surface area contributed by atoms with Gasteiger partial charge in [0.15, 0.2) is 5.82 Å². The largest absolute Gasteiger partial charge is 0.494 e. The zero-order valence-corrected chi connectivity index (χ0v) is 27.8. The van der Waals surface area contributed by atoms with Crippen LogP contribution in [-0.4, -0.2) is 91.7 Å². The van der Waals surface area contributed by atoms with Gasteiger partial charge in [-0.2, -0.15) is 0 Å². The van der Waals surface area contributed by atoms with Gasteiger partial charge in [0.2, 0.25) is 5.91 Å². The molecule has 0 aliphatic carbocycles. The Bertz CT molecular complexity index is 1600. The second-order valence-corrected chi connectivity index (χ2v) is 12.8. The summed E-state index contributed by atoms with van der Waals surface area (Å²) in [5.74, 6) is 0.854. The smallest absolute Gasteiger partial charge is 0.247 e. The number of benzene rings is 2. The standard InChI is InChI=1S/C34H42ClFN8O3/c1-5-34(45)40-27-17-28(31(46-4)18-30(27)42-12-8-23(9-13-42)43-14-10-24(20-43)41(2)3)39-32-19-33(38-21-37-32)44-29(11-15-47-44)22-6-7-26(36)25(35)16-22/h5-7,16-19,21,23-24,29H,1,8-15,20H2,2-4H3,(H,40,45)(H,37,38,39)/t24-,29-/m1/s1. The number of hydroxylamine groups is 1. The van der Waals surface area contributed by atoms with Gasteiger partial charge in [0.05, 0.1) is 41.8 Å². The van der Waals surface area contributed by atoms with Crippen molar-refractivity contribution in [2.24, 2.45) is 0 Å². The number of methoxy groups -OCH3 is 1. The van der Waals surface area contributed by atoms with Crippen LogP contribution in [0.5, 0.6) is 5.75 Å². The van der Waals surface area contributed by atoms with Crippen LogP contribution in [0.4, 0.5) is 33.1 Å². The lowest BCUT2D eigenvalue weighted by Crippen LogP contribution is -2.45. The lowest BCUT2D eigenvalue weighted by molar-refractivity contribution is -0.111. The van der Waals surface area contributed by atoms with Gasteiger partial charge < -0.3 is 25.2 Å². The first kappa shape index (κ1) is 33.0. The predicted molar refractivity (Wildman–Crippen MR) is 183 cm³/mol. The van der Waals surface area contributed by atoms with E-state index < -0.39 is 5.82 Å². The summed E-state index contributed by atoms with van der Waals surface area (Å²) in [5.41, 5.74) is 2.98. The molecule has 47 heavy (non-hydrogen) atoms. The number of hydrogen-bond acceptors (Lipinski definition) is 10. The normalized spacial score (nSPS) is 20.6. The number of carbonyl (C=O) groups excluding carboxylic acids is 1. The molecular formula is C34H42ClFN8O3. The van der Waals surface area contributed by atoms with E-state index in [1.807, 2.05) is 12.1 Å². The van der Waals surface area contributed by atoms with E-state index in [2.05, 4.69) is 56.0 Å². The zero-order valence-electron chi connectivity index (χ0n) is 27.1. The number of halogens is 2. The average Bonchev–Trinajstić information content (AvgIpc) is 3.78. The van der Waals surface area contributed by atoms with E-state index in [1.54, 1.807) is 30.4 Å². The fraction of sp³-hybridized carbons (Fsp3) is 0.441. The monoisotopic (exact) mass is 664 g/mol. The Labute approximate surface area is 280 Å². The molecule has 3 aliphatic heterocycles.